The lowest BCUT2D eigenvalue weighted by molar-refractivity contribution is -0.137. The third kappa shape index (κ3) is 8.30. The van der Waals surface area contributed by atoms with Gasteiger partial charge in [0.2, 0.25) is 11.8 Å². The molecule has 42 heavy (non-hydrogen) atoms. The van der Waals surface area contributed by atoms with E-state index in [1.807, 2.05) is 60.3 Å². The number of piperidine rings is 2. The molecule has 222 valence electrons. The molecule has 0 radical (unpaired) electrons. The zero-order chi connectivity index (χ0) is 29.3. The summed E-state index contributed by atoms with van der Waals surface area (Å²) in [6.07, 6.45) is 4.05. The first-order valence-corrected chi connectivity index (χ1v) is 15.5. The summed E-state index contributed by atoms with van der Waals surface area (Å²) in [6, 6.07) is 29.4. The van der Waals surface area contributed by atoms with Crippen LogP contribution in [0.1, 0.15) is 47.9 Å². The molecule has 0 unspecified atom stereocenters. The van der Waals surface area contributed by atoms with Gasteiger partial charge in [-0.05, 0) is 61.0 Å². The summed E-state index contributed by atoms with van der Waals surface area (Å²) in [6.45, 7) is 6.79. The minimum atomic E-state index is 0.0632. The first kappa shape index (κ1) is 30.0. The molecule has 0 N–H and O–H groups in total. The SMILES string of the molecule is CN(Cc1ccccc1)C(=O)[C@@H]1CCCN(Cc2ccc(CN3CCC[C@@H](C(=O)N(C)Cc4ccccc4)C3)cc2)C1. The van der Waals surface area contributed by atoms with Crippen LogP contribution < -0.4 is 0 Å². The number of carbonyl (C=O) groups is 2. The molecule has 6 heteroatoms. The van der Waals surface area contributed by atoms with Gasteiger partial charge in [-0.2, -0.15) is 0 Å². The molecule has 3 aromatic rings. The molecule has 0 spiro atoms. The van der Waals surface area contributed by atoms with Gasteiger partial charge in [0.25, 0.3) is 0 Å². The highest BCUT2D eigenvalue weighted by molar-refractivity contribution is 5.79. The highest BCUT2D eigenvalue weighted by atomic mass is 16.2. The van der Waals surface area contributed by atoms with Crippen LogP contribution in [0.3, 0.4) is 0 Å². The van der Waals surface area contributed by atoms with E-state index >= 15 is 0 Å². The molecule has 2 saturated heterocycles. The number of carbonyl (C=O) groups excluding carboxylic acids is 2. The number of likely N-dealkylation sites (tertiary alicyclic amines) is 2. The summed E-state index contributed by atoms with van der Waals surface area (Å²) >= 11 is 0. The molecule has 0 bridgehead atoms. The van der Waals surface area contributed by atoms with E-state index in [-0.39, 0.29) is 23.7 Å². The van der Waals surface area contributed by atoms with E-state index in [1.54, 1.807) is 0 Å². The van der Waals surface area contributed by atoms with Gasteiger partial charge in [-0.25, -0.2) is 0 Å². The molecule has 2 aliphatic heterocycles. The summed E-state index contributed by atoms with van der Waals surface area (Å²) < 4.78 is 0. The molecule has 5 rings (SSSR count). The molecule has 2 amide bonds. The number of rotatable bonds is 10. The summed E-state index contributed by atoms with van der Waals surface area (Å²) in [7, 11) is 3.85. The van der Waals surface area contributed by atoms with Crippen molar-refractivity contribution in [1.82, 2.24) is 19.6 Å². The van der Waals surface area contributed by atoms with Crippen LogP contribution in [0.25, 0.3) is 0 Å². The van der Waals surface area contributed by atoms with Gasteiger partial charge in [-0.15, -0.1) is 0 Å². The van der Waals surface area contributed by atoms with E-state index in [1.165, 1.54) is 22.3 Å². The predicted molar refractivity (Wildman–Crippen MR) is 168 cm³/mol. The molecule has 3 aromatic carbocycles. The minimum absolute atomic E-state index is 0.0632. The van der Waals surface area contributed by atoms with Crippen LogP contribution >= 0.6 is 0 Å². The average molecular weight is 567 g/mol. The number of nitrogens with zero attached hydrogens (tertiary/aromatic N) is 4. The van der Waals surface area contributed by atoms with E-state index in [9.17, 15) is 9.59 Å². The quantitative estimate of drug-likeness (QED) is 0.329. The first-order chi connectivity index (χ1) is 20.4. The smallest absolute Gasteiger partial charge is 0.227 e. The third-order valence-corrected chi connectivity index (χ3v) is 8.82. The number of benzene rings is 3. The normalized spacial score (nSPS) is 19.8. The molecule has 2 atom stereocenters. The van der Waals surface area contributed by atoms with Gasteiger partial charge in [0.05, 0.1) is 11.8 Å². The lowest BCUT2D eigenvalue weighted by atomic mass is 9.95. The highest BCUT2D eigenvalue weighted by Crippen LogP contribution is 2.23. The Balaban J connectivity index is 1.09. The Labute approximate surface area is 251 Å². The Morgan fingerprint density at radius 1 is 0.595 bits per heavy atom. The van der Waals surface area contributed by atoms with Crippen molar-refractivity contribution < 1.29 is 9.59 Å². The van der Waals surface area contributed by atoms with E-state index in [0.717, 1.165) is 65.0 Å². The van der Waals surface area contributed by atoms with Crippen LogP contribution in [-0.4, -0.2) is 71.7 Å². The van der Waals surface area contributed by atoms with Crippen molar-refractivity contribution in [2.75, 3.05) is 40.3 Å². The van der Waals surface area contributed by atoms with E-state index in [2.05, 4.69) is 58.3 Å². The van der Waals surface area contributed by atoms with Crippen molar-refractivity contribution in [3.05, 3.63) is 107 Å². The zero-order valence-electron chi connectivity index (χ0n) is 25.3. The van der Waals surface area contributed by atoms with Crippen LogP contribution in [0.2, 0.25) is 0 Å². The summed E-state index contributed by atoms with van der Waals surface area (Å²) in [5.41, 5.74) is 4.92. The standard InChI is InChI=1S/C36H46N4O2/c1-37(23-29-11-5-3-6-12-29)35(41)33-15-9-21-39(27-33)25-31-17-19-32(20-18-31)26-40-22-10-16-34(28-40)36(42)38(2)24-30-13-7-4-8-14-30/h3-8,11-14,17-20,33-34H,9-10,15-16,21-28H2,1-2H3/t33-,34-/m1/s1. The van der Waals surface area contributed by atoms with Crippen molar-refractivity contribution >= 4 is 11.8 Å². The monoisotopic (exact) mass is 566 g/mol. The Bertz CT molecular complexity index is 1180. The average Bonchev–Trinajstić information content (AvgIpc) is 3.02. The maximum atomic E-state index is 13.2. The van der Waals surface area contributed by atoms with Gasteiger partial charge >= 0.3 is 0 Å². The summed E-state index contributed by atoms with van der Waals surface area (Å²) in [4.78, 5) is 35.0. The molecular weight excluding hydrogens is 520 g/mol. The molecule has 2 aliphatic rings. The highest BCUT2D eigenvalue weighted by Gasteiger charge is 2.29. The first-order valence-electron chi connectivity index (χ1n) is 15.5. The number of hydrogen-bond donors (Lipinski definition) is 0. The summed E-state index contributed by atoms with van der Waals surface area (Å²) in [5, 5.41) is 0. The predicted octanol–water partition coefficient (Wildman–Crippen LogP) is 5.43. The van der Waals surface area contributed by atoms with Crippen molar-refractivity contribution in [3.63, 3.8) is 0 Å². The fraction of sp³-hybridized carbons (Fsp3) is 0.444. The fourth-order valence-electron chi connectivity index (χ4n) is 6.56. The van der Waals surface area contributed by atoms with Crippen LogP contribution in [0.15, 0.2) is 84.9 Å². The molecule has 0 aromatic heterocycles. The van der Waals surface area contributed by atoms with Gasteiger partial charge in [-0.3, -0.25) is 19.4 Å². The maximum absolute atomic E-state index is 13.2. The Morgan fingerprint density at radius 2 is 0.976 bits per heavy atom. The van der Waals surface area contributed by atoms with Crippen LogP contribution in [-0.2, 0) is 35.8 Å². The zero-order valence-corrected chi connectivity index (χ0v) is 25.3. The molecule has 2 heterocycles. The largest absolute Gasteiger partial charge is 0.341 e. The van der Waals surface area contributed by atoms with Gasteiger partial charge in [0.15, 0.2) is 0 Å². The third-order valence-electron chi connectivity index (χ3n) is 8.82. The molecule has 0 saturated carbocycles. The van der Waals surface area contributed by atoms with Gasteiger partial charge < -0.3 is 9.80 Å². The van der Waals surface area contributed by atoms with Gasteiger partial charge in [0.1, 0.15) is 0 Å². The second-order valence-electron chi connectivity index (χ2n) is 12.3. The molecule has 0 aliphatic carbocycles. The maximum Gasteiger partial charge on any atom is 0.227 e. The fourth-order valence-corrected chi connectivity index (χ4v) is 6.56. The Kier molecular flexibility index (Phi) is 10.4. The van der Waals surface area contributed by atoms with Crippen LogP contribution in [0.4, 0.5) is 0 Å². The van der Waals surface area contributed by atoms with Crippen molar-refractivity contribution in [2.45, 2.75) is 51.9 Å². The van der Waals surface area contributed by atoms with Crippen LogP contribution in [0.5, 0.6) is 0 Å². The van der Waals surface area contributed by atoms with E-state index in [4.69, 9.17) is 0 Å². The number of hydrogen-bond acceptors (Lipinski definition) is 4. The second kappa shape index (κ2) is 14.6. The molecular formula is C36H46N4O2. The summed E-state index contributed by atoms with van der Waals surface area (Å²) in [5.74, 6) is 0.633. The minimum Gasteiger partial charge on any atom is -0.341 e. The topological polar surface area (TPSA) is 47.1 Å². The lowest BCUT2D eigenvalue weighted by Gasteiger charge is -2.34. The van der Waals surface area contributed by atoms with Crippen LogP contribution in [0, 0.1) is 11.8 Å². The van der Waals surface area contributed by atoms with E-state index in [0.29, 0.717) is 13.1 Å². The second-order valence-corrected chi connectivity index (χ2v) is 12.3. The molecule has 2 fully saturated rings. The van der Waals surface area contributed by atoms with Gasteiger partial charge in [0, 0.05) is 53.4 Å². The molecule has 6 nitrogen and oxygen atoms in total. The number of amides is 2. The lowest BCUT2D eigenvalue weighted by Crippen LogP contribution is -2.43. The van der Waals surface area contributed by atoms with E-state index < -0.39 is 0 Å². The Hall–Kier alpha value is -3.48. The van der Waals surface area contributed by atoms with Crippen molar-refractivity contribution in [2.24, 2.45) is 11.8 Å². The Morgan fingerprint density at radius 3 is 1.36 bits per heavy atom. The van der Waals surface area contributed by atoms with Crippen molar-refractivity contribution in [3.8, 4) is 0 Å². The van der Waals surface area contributed by atoms with Gasteiger partial charge in [-0.1, -0.05) is 84.9 Å². The van der Waals surface area contributed by atoms with Crippen molar-refractivity contribution in [1.29, 1.82) is 0 Å².